The van der Waals surface area contributed by atoms with E-state index in [9.17, 15) is 0 Å². The molecule has 0 amide bonds. The molecule has 1 aliphatic heterocycles. The lowest BCUT2D eigenvalue weighted by atomic mass is 9.75. The van der Waals surface area contributed by atoms with Crippen LogP contribution in [0.1, 0.15) is 39.0 Å². The summed E-state index contributed by atoms with van der Waals surface area (Å²) in [6.45, 7) is 3.83. The predicted octanol–water partition coefficient (Wildman–Crippen LogP) is 1.92. The molecule has 2 aliphatic rings. The third-order valence-corrected chi connectivity index (χ3v) is 3.95. The summed E-state index contributed by atoms with van der Waals surface area (Å²) in [5.41, 5.74) is 0. The zero-order valence-corrected chi connectivity index (χ0v) is 9.92. The molecule has 0 spiro atoms. The van der Waals surface area contributed by atoms with E-state index in [0.717, 1.165) is 19.6 Å². The van der Waals surface area contributed by atoms with Crippen LogP contribution in [0.5, 0.6) is 0 Å². The maximum atomic E-state index is 5.93. The predicted molar refractivity (Wildman–Crippen MR) is 59.7 cm³/mol. The largest absolute Gasteiger partial charge is 0.353 e. The van der Waals surface area contributed by atoms with Gasteiger partial charge in [0.25, 0.3) is 0 Å². The summed E-state index contributed by atoms with van der Waals surface area (Å²) in [7, 11) is 1.80. The van der Waals surface area contributed by atoms with E-state index in [1.165, 1.54) is 25.7 Å². The van der Waals surface area contributed by atoms with Crippen LogP contribution in [0.25, 0.3) is 0 Å². The minimum absolute atomic E-state index is 0.301. The first-order valence-corrected chi connectivity index (χ1v) is 6.25. The summed E-state index contributed by atoms with van der Waals surface area (Å²) >= 11 is 0. The molecule has 3 atom stereocenters. The number of fused-ring (bicyclic) bond motifs is 1. The Morgan fingerprint density at radius 2 is 2.13 bits per heavy atom. The van der Waals surface area contributed by atoms with Crippen molar-refractivity contribution >= 4 is 0 Å². The molecule has 2 fully saturated rings. The summed E-state index contributed by atoms with van der Waals surface area (Å²) < 4.78 is 11.7. The molecule has 3 heteroatoms. The summed E-state index contributed by atoms with van der Waals surface area (Å²) in [5.74, 6) is 0.246. The number of nitrogens with one attached hydrogen (secondary N) is 1. The molecule has 0 aromatic carbocycles. The zero-order valence-electron chi connectivity index (χ0n) is 9.92. The Morgan fingerprint density at radius 1 is 1.33 bits per heavy atom. The van der Waals surface area contributed by atoms with E-state index in [1.807, 2.05) is 0 Å². The summed E-state index contributed by atoms with van der Waals surface area (Å²) in [6, 6.07) is 0.610. The first-order chi connectivity index (χ1) is 7.32. The highest BCUT2D eigenvalue weighted by Gasteiger charge is 2.47. The summed E-state index contributed by atoms with van der Waals surface area (Å²) in [5, 5.41) is 3.61. The third kappa shape index (κ3) is 2.05. The molecule has 88 valence electrons. The van der Waals surface area contributed by atoms with Crippen LogP contribution >= 0.6 is 0 Å². The first kappa shape index (κ1) is 11.4. The molecule has 1 N–H and O–H groups in total. The maximum Gasteiger partial charge on any atom is 0.173 e. The standard InChI is InChI=1S/C12H23NO2/c1-3-15-12(14-2)8-9-13-11-7-5-4-6-10(11)12/h10-11,13H,3-9H2,1-2H3. The number of hydrogen-bond acceptors (Lipinski definition) is 3. The number of rotatable bonds is 3. The average molecular weight is 213 g/mol. The normalized spacial score (nSPS) is 41.2. The maximum absolute atomic E-state index is 5.93. The van der Waals surface area contributed by atoms with E-state index in [2.05, 4.69) is 12.2 Å². The fourth-order valence-electron chi connectivity index (χ4n) is 3.25. The van der Waals surface area contributed by atoms with Crippen LogP contribution in [0.3, 0.4) is 0 Å². The monoisotopic (exact) mass is 213 g/mol. The molecular formula is C12H23NO2. The van der Waals surface area contributed by atoms with Gasteiger partial charge in [0.05, 0.1) is 0 Å². The highest BCUT2D eigenvalue weighted by molar-refractivity contribution is 4.95. The molecule has 0 aromatic rings. The second kappa shape index (κ2) is 4.81. The molecule has 0 bridgehead atoms. The van der Waals surface area contributed by atoms with Gasteiger partial charge in [0.1, 0.15) is 0 Å². The van der Waals surface area contributed by atoms with Crippen LogP contribution in [-0.2, 0) is 9.47 Å². The zero-order chi connectivity index (χ0) is 10.7. The summed E-state index contributed by atoms with van der Waals surface area (Å²) in [6.07, 6.45) is 6.17. The Hall–Kier alpha value is -0.120. The highest BCUT2D eigenvalue weighted by atomic mass is 16.7. The number of hydrogen-bond donors (Lipinski definition) is 1. The van der Waals surface area contributed by atoms with Crippen LogP contribution in [0.4, 0.5) is 0 Å². The molecule has 3 nitrogen and oxygen atoms in total. The Bertz CT molecular complexity index is 204. The van der Waals surface area contributed by atoms with Crippen molar-refractivity contribution in [2.75, 3.05) is 20.3 Å². The van der Waals surface area contributed by atoms with Crippen molar-refractivity contribution in [2.45, 2.75) is 50.9 Å². The fourth-order valence-corrected chi connectivity index (χ4v) is 3.25. The van der Waals surface area contributed by atoms with Crippen LogP contribution < -0.4 is 5.32 Å². The molecule has 3 unspecified atom stereocenters. The highest BCUT2D eigenvalue weighted by Crippen LogP contribution is 2.40. The fraction of sp³-hybridized carbons (Fsp3) is 1.00. The SMILES string of the molecule is CCOC1(OC)CCNC2CCCCC21. The Balaban J connectivity index is 2.13. The van der Waals surface area contributed by atoms with Crippen LogP contribution in [0, 0.1) is 5.92 Å². The smallest absolute Gasteiger partial charge is 0.173 e. The van der Waals surface area contributed by atoms with Gasteiger partial charge in [-0.2, -0.15) is 0 Å². The summed E-state index contributed by atoms with van der Waals surface area (Å²) in [4.78, 5) is 0. The molecule has 15 heavy (non-hydrogen) atoms. The Labute approximate surface area is 92.5 Å². The van der Waals surface area contributed by atoms with Gasteiger partial charge >= 0.3 is 0 Å². The topological polar surface area (TPSA) is 30.5 Å². The van der Waals surface area contributed by atoms with Crippen molar-refractivity contribution in [3.05, 3.63) is 0 Å². The lowest BCUT2D eigenvalue weighted by Crippen LogP contribution is -2.59. The molecule has 0 radical (unpaired) electrons. The van der Waals surface area contributed by atoms with Crippen LogP contribution in [0.15, 0.2) is 0 Å². The molecular weight excluding hydrogens is 190 g/mol. The minimum Gasteiger partial charge on any atom is -0.353 e. The first-order valence-electron chi connectivity index (χ1n) is 6.25. The van der Waals surface area contributed by atoms with Gasteiger partial charge in [-0.3, -0.25) is 0 Å². The van der Waals surface area contributed by atoms with Gasteiger partial charge in [0.15, 0.2) is 5.79 Å². The van der Waals surface area contributed by atoms with Crippen molar-refractivity contribution in [1.82, 2.24) is 5.32 Å². The van der Waals surface area contributed by atoms with E-state index in [1.54, 1.807) is 7.11 Å². The Kier molecular flexibility index (Phi) is 3.65. The molecule has 1 saturated carbocycles. The number of ether oxygens (including phenoxy) is 2. The van der Waals surface area contributed by atoms with Crippen molar-refractivity contribution in [1.29, 1.82) is 0 Å². The molecule has 0 aromatic heterocycles. The van der Waals surface area contributed by atoms with Gasteiger partial charge in [-0.15, -0.1) is 0 Å². The molecule has 2 rings (SSSR count). The van der Waals surface area contributed by atoms with Crippen LogP contribution in [-0.4, -0.2) is 32.1 Å². The second-order valence-corrected chi connectivity index (χ2v) is 4.65. The van der Waals surface area contributed by atoms with Gasteiger partial charge in [-0.25, -0.2) is 0 Å². The van der Waals surface area contributed by atoms with Crippen molar-refractivity contribution in [2.24, 2.45) is 5.92 Å². The second-order valence-electron chi connectivity index (χ2n) is 4.65. The number of piperidine rings is 1. The lowest BCUT2D eigenvalue weighted by Gasteiger charge is -2.49. The third-order valence-electron chi connectivity index (χ3n) is 3.95. The van der Waals surface area contributed by atoms with Gasteiger partial charge < -0.3 is 14.8 Å². The lowest BCUT2D eigenvalue weighted by molar-refractivity contribution is -0.273. The van der Waals surface area contributed by atoms with Crippen LogP contribution in [0.2, 0.25) is 0 Å². The van der Waals surface area contributed by atoms with Crippen molar-refractivity contribution < 1.29 is 9.47 Å². The Morgan fingerprint density at radius 3 is 2.87 bits per heavy atom. The molecule has 1 saturated heterocycles. The van der Waals surface area contributed by atoms with E-state index in [-0.39, 0.29) is 5.79 Å². The molecule has 1 aliphatic carbocycles. The van der Waals surface area contributed by atoms with Crippen molar-refractivity contribution in [3.63, 3.8) is 0 Å². The minimum atomic E-state index is -0.301. The van der Waals surface area contributed by atoms with Gasteiger partial charge in [0, 0.05) is 38.6 Å². The molecule has 1 heterocycles. The van der Waals surface area contributed by atoms with E-state index in [4.69, 9.17) is 9.47 Å². The number of methoxy groups -OCH3 is 1. The van der Waals surface area contributed by atoms with E-state index in [0.29, 0.717) is 12.0 Å². The van der Waals surface area contributed by atoms with Gasteiger partial charge in [-0.1, -0.05) is 12.8 Å². The van der Waals surface area contributed by atoms with Gasteiger partial charge in [-0.05, 0) is 19.8 Å². The average Bonchev–Trinajstić information content (AvgIpc) is 2.30. The quantitative estimate of drug-likeness (QED) is 0.727. The van der Waals surface area contributed by atoms with E-state index >= 15 is 0 Å². The van der Waals surface area contributed by atoms with Crippen molar-refractivity contribution in [3.8, 4) is 0 Å². The van der Waals surface area contributed by atoms with E-state index < -0.39 is 0 Å². The van der Waals surface area contributed by atoms with Gasteiger partial charge in [0.2, 0.25) is 0 Å².